The molecule has 0 spiro atoms. The van der Waals surface area contributed by atoms with Crippen LogP contribution >= 0.6 is 27.3 Å². The van der Waals surface area contributed by atoms with Gasteiger partial charge in [-0.1, -0.05) is 0 Å². The summed E-state index contributed by atoms with van der Waals surface area (Å²) in [7, 11) is 0. The van der Waals surface area contributed by atoms with Gasteiger partial charge in [0, 0.05) is 18.0 Å². The minimum absolute atomic E-state index is 0.0260. The smallest absolute Gasteiger partial charge is 0.306 e. The molecule has 1 saturated heterocycles. The molecule has 2 atom stereocenters. The first kappa shape index (κ1) is 15.5. The quantitative estimate of drug-likeness (QED) is 0.893. The summed E-state index contributed by atoms with van der Waals surface area (Å²) in [4.78, 5) is 25.9. The molecule has 0 saturated carbocycles. The minimum atomic E-state index is -0.903. The van der Waals surface area contributed by atoms with Crippen LogP contribution in [0, 0.1) is 0 Å². The van der Waals surface area contributed by atoms with E-state index in [0.29, 0.717) is 19.7 Å². The van der Waals surface area contributed by atoms with Gasteiger partial charge in [0.05, 0.1) is 28.8 Å². The summed E-state index contributed by atoms with van der Waals surface area (Å²) in [6, 6.07) is 3.86. The van der Waals surface area contributed by atoms with Gasteiger partial charge in [-0.05, 0) is 35.0 Å². The van der Waals surface area contributed by atoms with Crippen LogP contribution < -0.4 is 0 Å². The number of hydrogen-bond acceptors (Lipinski definition) is 4. The Morgan fingerprint density at radius 2 is 2.35 bits per heavy atom. The normalized spacial score (nSPS) is 20.7. The standard InChI is InChI=1S/C13H16BrNO4S/c1-8(10-2-3-11(14)20-10)13(18)15-4-5-19-9(7-15)6-12(16)17/h2-3,8-9H,4-7H2,1H3,(H,16,17)/t8-,9+/m0/s1. The first-order valence-electron chi connectivity index (χ1n) is 6.34. The molecule has 0 unspecified atom stereocenters. The third kappa shape index (κ3) is 3.80. The number of carbonyl (C=O) groups is 2. The van der Waals surface area contributed by atoms with Crippen molar-refractivity contribution in [3.63, 3.8) is 0 Å². The predicted octanol–water partition coefficient (Wildman–Crippen LogP) is 2.32. The number of nitrogens with zero attached hydrogens (tertiary/aromatic N) is 1. The van der Waals surface area contributed by atoms with Crippen molar-refractivity contribution >= 4 is 39.1 Å². The van der Waals surface area contributed by atoms with E-state index < -0.39 is 12.1 Å². The lowest BCUT2D eigenvalue weighted by Crippen LogP contribution is -2.47. The SMILES string of the molecule is C[C@H](C(=O)N1CCO[C@H](CC(=O)O)C1)c1ccc(Br)s1. The summed E-state index contributed by atoms with van der Waals surface area (Å²) in [6.45, 7) is 3.14. The minimum Gasteiger partial charge on any atom is -0.481 e. The molecule has 1 fully saturated rings. The molecule has 110 valence electrons. The number of rotatable bonds is 4. The van der Waals surface area contributed by atoms with Crippen molar-refractivity contribution in [1.82, 2.24) is 4.90 Å². The largest absolute Gasteiger partial charge is 0.481 e. The first-order chi connectivity index (χ1) is 9.47. The molecule has 1 aliphatic heterocycles. The molecule has 1 amide bonds. The van der Waals surface area contributed by atoms with Crippen molar-refractivity contribution in [2.24, 2.45) is 0 Å². The number of halogens is 1. The van der Waals surface area contributed by atoms with E-state index in [0.717, 1.165) is 8.66 Å². The van der Waals surface area contributed by atoms with E-state index >= 15 is 0 Å². The van der Waals surface area contributed by atoms with E-state index in [-0.39, 0.29) is 18.2 Å². The monoisotopic (exact) mass is 361 g/mol. The van der Waals surface area contributed by atoms with E-state index in [2.05, 4.69) is 15.9 Å². The molecule has 1 N–H and O–H groups in total. The van der Waals surface area contributed by atoms with Crippen LogP contribution in [0.5, 0.6) is 0 Å². The van der Waals surface area contributed by atoms with E-state index in [1.54, 1.807) is 16.2 Å². The third-order valence-corrected chi connectivity index (χ3v) is 5.05. The van der Waals surface area contributed by atoms with Gasteiger partial charge in [0.25, 0.3) is 0 Å². The van der Waals surface area contributed by atoms with Gasteiger partial charge in [-0.2, -0.15) is 0 Å². The van der Waals surface area contributed by atoms with Crippen molar-refractivity contribution in [3.05, 3.63) is 20.8 Å². The average Bonchev–Trinajstić information content (AvgIpc) is 2.83. The van der Waals surface area contributed by atoms with Gasteiger partial charge in [-0.3, -0.25) is 9.59 Å². The van der Waals surface area contributed by atoms with Crippen LogP contribution in [0.15, 0.2) is 15.9 Å². The Kier molecular flexibility index (Phi) is 5.17. The maximum absolute atomic E-state index is 12.5. The molecule has 2 heterocycles. The van der Waals surface area contributed by atoms with E-state index in [4.69, 9.17) is 9.84 Å². The van der Waals surface area contributed by atoms with Crippen molar-refractivity contribution in [2.75, 3.05) is 19.7 Å². The predicted molar refractivity (Wildman–Crippen MR) is 79.0 cm³/mol. The number of carboxylic acids is 1. The Bertz CT molecular complexity index is 504. The summed E-state index contributed by atoms with van der Waals surface area (Å²) in [5.41, 5.74) is 0. The molecule has 5 nitrogen and oxygen atoms in total. The summed E-state index contributed by atoms with van der Waals surface area (Å²) in [6.07, 6.45) is -0.477. The highest BCUT2D eigenvalue weighted by Crippen LogP contribution is 2.30. The summed E-state index contributed by atoms with van der Waals surface area (Å²) in [5.74, 6) is -1.09. The number of ether oxygens (including phenoxy) is 1. The van der Waals surface area contributed by atoms with Crippen molar-refractivity contribution in [1.29, 1.82) is 0 Å². The molecule has 1 aromatic heterocycles. The number of hydrogen-bond donors (Lipinski definition) is 1. The van der Waals surface area contributed by atoms with E-state index in [9.17, 15) is 9.59 Å². The molecular formula is C13H16BrNO4S. The van der Waals surface area contributed by atoms with Crippen LogP contribution in [0.3, 0.4) is 0 Å². The molecule has 20 heavy (non-hydrogen) atoms. The van der Waals surface area contributed by atoms with Gasteiger partial charge in [-0.15, -0.1) is 11.3 Å². The molecule has 0 aliphatic carbocycles. The second-order valence-electron chi connectivity index (χ2n) is 4.74. The lowest BCUT2D eigenvalue weighted by Gasteiger charge is -2.33. The van der Waals surface area contributed by atoms with Crippen molar-refractivity contribution < 1.29 is 19.4 Å². The van der Waals surface area contributed by atoms with Gasteiger partial charge >= 0.3 is 5.97 Å². The van der Waals surface area contributed by atoms with Crippen LogP contribution in [-0.2, 0) is 14.3 Å². The zero-order chi connectivity index (χ0) is 14.7. The lowest BCUT2D eigenvalue weighted by atomic mass is 10.1. The van der Waals surface area contributed by atoms with E-state index in [1.165, 1.54) is 0 Å². The number of aliphatic carboxylic acids is 1. The number of amides is 1. The van der Waals surface area contributed by atoms with Crippen LogP contribution in [0.2, 0.25) is 0 Å². The summed E-state index contributed by atoms with van der Waals surface area (Å²) in [5, 5.41) is 8.79. The highest BCUT2D eigenvalue weighted by atomic mass is 79.9. The second kappa shape index (κ2) is 6.69. The fourth-order valence-electron chi connectivity index (χ4n) is 2.19. The first-order valence-corrected chi connectivity index (χ1v) is 7.95. The van der Waals surface area contributed by atoms with Crippen molar-refractivity contribution in [2.45, 2.75) is 25.4 Å². The topological polar surface area (TPSA) is 66.8 Å². The second-order valence-corrected chi connectivity index (χ2v) is 7.23. The number of morpholine rings is 1. The Hall–Kier alpha value is -0.920. The maximum Gasteiger partial charge on any atom is 0.306 e. The third-order valence-electron chi connectivity index (χ3n) is 3.24. The van der Waals surface area contributed by atoms with Crippen LogP contribution in [0.25, 0.3) is 0 Å². The van der Waals surface area contributed by atoms with Crippen molar-refractivity contribution in [3.8, 4) is 0 Å². The molecule has 0 aromatic carbocycles. The molecule has 0 bridgehead atoms. The Labute approximate surface area is 129 Å². The Morgan fingerprint density at radius 3 is 2.95 bits per heavy atom. The Morgan fingerprint density at radius 1 is 1.60 bits per heavy atom. The number of carbonyl (C=O) groups excluding carboxylic acids is 1. The van der Waals surface area contributed by atoms with Crippen LogP contribution in [-0.4, -0.2) is 47.7 Å². The maximum atomic E-state index is 12.5. The van der Waals surface area contributed by atoms with Gasteiger partial charge in [0.1, 0.15) is 0 Å². The highest BCUT2D eigenvalue weighted by molar-refractivity contribution is 9.11. The molecule has 7 heteroatoms. The van der Waals surface area contributed by atoms with E-state index in [1.807, 2.05) is 19.1 Å². The molecule has 0 radical (unpaired) electrons. The highest BCUT2D eigenvalue weighted by Gasteiger charge is 2.29. The molecular weight excluding hydrogens is 346 g/mol. The number of carboxylic acid groups (broad SMARTS) is 1. The van der Waals surface area contributed by atoms with Gasteiger partial charge in [0.15, 0.2) is 0 Å². The number of thiophene rings is 1. The zero-order valence-corrected chi connectivity index (χ0v) is 13.4. The van der Waals surface area contributed by atoms with Gasteiger partial charge in [-0.25, -0.2) is 0 Å². The van der Waals surface area contributed by atoms with Gasteiger partial charge in [0.2, 0.25) is 5.91 Å². The fourth-order valence-corrected chi connectivity index (χ4v) is 3.66. The summed E-state index contributed by atoms with van der Waals surface area (Å²) < 4.78 is 6.38. The van der Waals surface area contributed by atoms with Crippen LogP contribution in [0.4, 0.5) is 0 Å². The Balaban J connectivity index is 1.99. The average molecular weight is 362 g/mol. The summed E-state index contributed by atoms with van der Waals surface area (Å²) >= 11 is 4.93. The van der Waals surface area contributed by atoms with Gasteiger partial charge < -0.3 is 14.7 Å². The molecule has 1 aliphatic rings. The lowest BCUT2D eigenvalue weighted by molar-refractivity contribution is -0.148. The zero-order valence-electron chi connectivity index (χ0n) is 11.0. The molecule has 1 aromatic rings. The fraction of sp³-hybridized carbons (Fsp3) is 0.538. The molecule has 2 rings (SSSR count). The van der Waals surface area contributed by atoms with Crippen LogP contribution in [0.1, 0.15) is 24.1 Å².